The van der Waals surface area contributed by atoms with Gasteiger partial charge >= 0.3 is 0 Å². The molecule has 6 nitrogen and oxygen atoms in total. The van der Waals surface area contributed by atoms with E-state index in [-0.39, 0.29) is 35.6 Å². The van der Waals surface area contributed by atoms with Crippen LogP contribution in [-0.2, 0) is 9.59 Å². The van der Waals surface area contributed by atoms with Crippen molar-refractivity contribution in [3.05, 3.63) is 29.8 Å². The van der Waals surface area contributed by atoms with Gasteiger partial charge in [0.15, 0.2) is 0 Å². The van der Waals surface area contributed by atoms with Crippen molar-refractivity contribution >= 4 is 23.4 Å². The highest BCUT2D eigenvalue weighted by atomic mass is 16.2. The summed E-state index contributed by atoms with van der Waals surface area (Å²) in [6, 6.07) is 7.18. The number of anilines is 1. The van der Waals surface area contributed by atoms with Crippen LogP contribution in [0.4, 0.5) is 5.69 Å². The van der Waals surface area contributed by atoms with Crippen molar-refractivity contribution in [3.8, 4) is 0 Å². The van der Waals surface area contributed by atoms with Crippen molar-refractivity contribution in [3.63, 3.8) is 0 Å². The Balaban J connectivity index is 1.58. The molecule has 2 aliphatic rings. The van der Waals surface area contributed by atoms with Crippen LogP contribution >= 0.6 is 0 Å². The van der Waals surface area contributed by atoms with E-state index in [0.717, 1.165) is 32.1 Å². The molecule has 1 aliphatic carbocycles. The number of benzene rings is 1. The van der Waals surface area contributed by atoms with Crippen LogP contribution in [0.3, 0.4) is 0 Å². The van der Waals surface area contributed by atoms with E-state index in [1.54, 1.807) is 24.3 Å². The van der Waals surface area contributed by atoms with Crippen LogP contribution in [0.5, 0.6) is 0 Å². The third kappa shape index (κ3) is 5.37. The standard InChI is InChI=1S/C23H33N3O3/c1-4-5-12-24-21(27)18-7-6-16(3)26(14-18)23(29)17-8-10-19(11-9-17)25-22(28)20-13-15(20)2/h8-11,15-16,18,20H,4-7,12-14H2,1-3H3,(H,24,27)(H,25,28). The molecule has 3 amide bonds. The van der Waals surface area contributed by atoms with E-state index < -0.39 is 0 Å². The summed E-state index contributed by atoms with van der Waals surface area (Å²) >= 11 is 0. The Morgan fingerprint density at radius 1 is 1.07 bits per heavy atom. The minimum absolute atomic E-state index is 0.0514. The lowest BCUT2D eigenvalue weighted by molar-refractivity contribution is -0.126. The molecule has 0 spiro atoms. The molecule has 0 bridgehead atoms. The Labute approximate surface area is 173 Å². The van der Waals surface area contributed by atoms with E-state index >= 15 is 0 Å². The number of nitrogens with zero attached hydrogens (tertiary/aromatic N) is 1. The SMILES string of the molecule is CCCCNC(=O)C1CCC(C)N(C(=O)c2ccc(NC(=O)C3CC3C)cc2)C1. The molecule has 2 fully saturated rings. The van der Waals surface area contributed by atoms with Crippen LogP contribution in [0.25, 0.3) is 0 Å². The summed E-state index contributed by atoms with van der Waals surface area (Å²) in [7, 11) is 0. The second-order valence-electron chi connectivity index (χ2n) is 8.61. The second-order valence-corrected chi connectivity index (χ2v) is 8.61. The fourth-order valence-electron chi connectivity index (χ4n) is 3.92. The highest BCUT2D eigenvalue weighted by Gasteiger charge is 2.39. The Morgan fingerprint density at radius 2 is 1.76 bits per heavy atom. The monoisotopic (exact) mass is 399 g/mol. The molecule has 1 heterocycles. The highest BCUT2D eigenvalue weighted by Crippen LogP contribution is 2.38. The lowest BCUT2D eigenvalue weighted by Crippen LogP contribution is -2.49. The normalized spacial score (nSPS) is 26.0. The summed E-state index contributed by atoms with van der Waals surface area (Å²) in [4.78, 5) is 39.3. The number of carbonyl (C=O) groups excluding carboxylic acids is 3. The lowest BCUT2D eigenvalue weighted by Gasteiger charge is -2.37. The van der Waals surface area contributed by atoms with E-state index in [1.807, 2.05) is 11.8 Å². The topological polar surface area (TPSA) is 78.5 Å². The second kappa shape index (κ2) is 9.42. The Morgan fingerprint density at radius 3 is 2.38 bits per heavy atom. The molecule has 1 aromatic rings. The first-order valence-corrected chi connectivity index (χ1v) is 10.9. The van der Waals surface area contributed by atoms with Crippen LogP contribution in [0.2, 0.25) is 0 Å². The molecule has 0 radical (unpaired) electrons. The predicted molar refractivity (Wildman–Crippen MR) is 113 cm³/mol. The summed E-state index contributed by atoms with van der Waals surface area (Å²) < 4.78 is 0. The number of carbonyl (C=O) groups is 3. The molecule has 3 rings (SSSR count). The molecule has 29 heavy (non-hydrogen) atoms. The van der Waals surface area contributed by atoms with Crippen molar-refractivity contribution in [2.75, 3.05) is 18.4 Å². The third-order valence-electron chi connectivity index (χ3n) is 6.19. The number of rotatable bonds is 7. The molecule has 1 saturated carbocycles. The average Bonchev–Trinajstić information content (AvgIpc) is 3.45. The first kappa shape index (κ1) is 21.3. The van der Waals surface area contributed by atoms with Gasteiger partial charge in [-0.1, -0.05) is 20.3 Å². The molecule has 1 aromatic carbocycles. The number of likely N-dealkylation sites (tertiary alicyclic amines) is 1. The zero-order valence-corrected chi connectivity index (χ0v) is 17.7. The van der Waals surface area contributed by atoms with Crippen LogP contribution in [0.1, 0.15) is 63.2 Å². The van der Waals surface area contributed by atoms with Crippen LogP contribution in [-0.4, -0.2) is 41.8 Å². The van der Waals surface area contributed by atoms with Gasteiger partial charge in [0.1, 0.15) is 0 Å². The number of unbranched alkanes of at least 4 members (excludes halogenated alkanes) is 1. The van der Waals surface area contributed by atoms with Gasteiger partial charge in [0, 0.05) is 36.3 Å². The summed E-state index contributed by atoms with van der Waals surface area (Å²) in [5.41, 5.74) is 1.30. The maximum Gasteiger partial charge on any atom is 0.254 e. The molecular weight excluding hydrogens is 366 g/mol. The third-order valence-corrected chi connectivity index (χ3v) is 6.19. The van der Waals surface area contributed by atoms with Crippen molar-refractivity contribution in [2.24, 2.45) is 17.8 Å². The van der Waals surface area contributed by atoms with E-state index in [4.69, 9.17) is 0 Å². The quantitative estimate of drug-likeness (QED) is 0.690. The van der Waals surface area contributed by atoms with E-state index in [1.165, 1.54) is 0 Å². The fraction of sp³-hybridized carbons (Fsp3) is 0.609. The van der Waals surface area contributed by atoms with Gasteiger partial charge < -0.3 is 15.5 Å². The van der Waals surface area contributed by atoms with Crippen molar-refractivity contribution in [1.82, 2.24) is 10.2 Å². The minimum atomic E-state index is -0.147. The van der Waals surface area contributed by atoms with E-state index in [9.17, 15) is 14.4 Å². The summed E-state index contributed by atoms with van der Waals surface area (Å²) in [6.45, 7) is 7.35. The van der Waals surface area contributed by atoms with Crippen molar-refractivity contribution in [2.45, 2.75) is 58.9 Å². The number of nitrogens with one attached hydrogen (secondary N) is 2. The van der Waals surface area contributed by atoms with Gasteiger partial charge in [-0.15, -0.1) is 0 Å². The molecular formula is C23H33N3O3. The van der Waals surface area contributed by atoms with Crippen LogP contribution in [0, 0.1) is 17.8 Å². The Hall–Kier alpha value is -2.37. The highest BCUT2D eigenvalue weighted by molar-refractivity contribution is 5.97. The molecule has 4 atom stereocenters. The maximum absolute atomic E-state index is 13.0. The smallest absolute Gasteiger partial charge is 0.254 e. The number of hydrogen-bond donors (Lipinski definition) is 2. The minimum Gasteiger partial charge on any atom is -0.356 e. The molecule has 1 saturated heterocycles. The van der Waals surface area contributed by atoms with E-state index in [2.05, 4.69) is 24.5 Å². The van der Waals surface area contributed by atoms with Gasteiger partial charge in [-0.25, -0.2) is 0 Å². The zero-order valence-electron chi connectivity index (χ0n) is 17.7. The van der Waals surface area contributed by atoms with Crippen LogP contribution in [0.15, 0.2) is 24.3 Å². The molecule has 158 valence electrons. The molecule has 1 aliphatic heterocycles. The van der Waals surface area contributed by atoms with Crippen molar-refractivity contribution in [1.29, 1.82) is 0 Å². The van der Waals surface area contributed by atoms with Crippen molar-refractivity contribution < 1.29 is 14.4 Å². The first-order valence-electron chi connectivity index (χ1n) is 10.9. The Kier molecular flexibility index (Phi) is 6.93. The summed E-state index contributed by atoms with van der Waals surface area (Å²) in [6.07, 6.45) is 4.60. The van der Waals surface area contributed by atoms with Gasteiger partial charge in [-0.05, 0) is 62.8 Å². The molecule has 6 heteroatoms. The van der Waals surface area contributed by atoms with E-state index in [0.29, 0.717) is 30.3 Å². The molecule has 0 aromatic heterocycles. The van der Waals surface area contributed by atoms with Gasteiger partial charge in [0.25, 0.3) is 5.91 Å². The first-order chi connectivity index (χ1) is 13.9. The Bertz CT molecular complexity index is 746. The maximum atomic E-state index is 13.0. The largest absolute Gasteiger partial charge is 0.356 e. The van der Waals surface area contributed by atoms with Gasteiger partial charge in [0.05, 0.1) is 5.92 Å². The van der Waals surface area contributed by atoms with Gasteiger partial charge in [-0.3, -0.25) is 14.4 Å². The predicted octanol–water partition coefficient (Wildman–Crippen LogP) is 3.44. The lowest BCUT2D eigenvalue weighted by atomic mass is 9.92. The summed E-state index contributed by atoms with van der Waals surface area (Å²) in [5.74, 6) is 0.478. The van der Waals surface area contributed by atoms with Crippen LogP contribution < -0.4 is 10.6 Å². The number of hydrogen-bond acceptors (Lipinski definition) is 3. The zero-order chi connectivity index (χ0) is 21.0. The average molecular weight is 400 g/mol. The van der Waals surface area contributed by atoms with Gasteiger partial charge in [-0.2, -0.15) is 0 Å². The number of amides is 3. The van der Waals surface area contributed by atoms with Gasteiger partial charge in [0.2, 0.25) is 11.8 Å². The fourth-order valence-corrected chi connectivity index (χ4v) is 3.92. The summed E-state index contributed by atoms with van der Waals surface area (Å²) in [5, 5.41) is 5.91. The number of piperidine rings is 1. The molecule has 4 unspecified atom stereocenters. The molecule has 2 N–H and O–H groups in total.